The zero-order valence-corrected chi connectivity index (χ0v) is 15.6. The number of aromatic nitrogens is 2. The van der Waals surface area contributed by atoms with Crippen molar-refractivity contribution in [3.05, 3.63) is 41.7 Å². The van der Waals surface area contributed by atoms with Gasteiger partial charge in [0.25, 0.3) is 6.43 Å². The van der Waals surface area contributed by atoms with E-state index in [2.05, 4.69) is 5.10 Å². The number of sulfonamides is 1. The zero-order chi connectivity index (χ0) is 18.9. The Morgan fingerprint density at radius 1 is 1.19 bits per heavy atom. The van der Waals surface area contributed by atoms with Crippen LogP contribution >= 0.6 is 11.6 Å². The first-order chi connectivity index (χ1) is 12.3. The van der Waals surface area contributed by atoms with Crippen LogP contribution in [-0.2, 0) is 15.4 Å². The van der Waals surface area contributed by atoms with E-state index in [0.29, 0.717) is 17.3 Å². The van der Waals surface area contributed by atoms with Crippen LogP contribution in [0, 0.1) is 0 Å². The minimum atomic E-state index is -3.83. The standard InChI is InChI=1S/C17H20ClF2N3O2S/c18-11-17(8-2-1-3-9-17)15-10-14(16(19)20)22-23(15)12-4-6-13(7-5-12)26(21,24)25/h4-7,10,16H,1-3,8-9,11H2,(H2,21,24,25). The van der Waals surface area contributed by atoms with Gasteiger partial charge in [-0.25, -0.2) is 27.0 Å². The van der Waals surface area contributed by atoms with Crippen molar-refractivity contribution >= 4 is 21.6 Å². The third-order valence-corrected chi connectivity index (χ3v) is 6.41. The Labute approximate surface area is 156 Å². The Morgan fingerprint density at radius 2 is 1.81 bits per heavy atom. The summed E-state index contributed by atoms with van der Waals surface area (Å²) < 4.78 is 50.9. The lowest BCUT2D eigenvalue weighted by Gasteiger charge is -2.36. The first-order valence-corrected chi connectivity index (χ1v) is 10.4. The average Bonchev–Trinajstić information content (AvgIpc) is 3.08. The second-order valence-electron chi connectivity index (χ2n) is 6.68. The monoisotopic (exact) mass is 403 g/mol. The summed E-state index contributed by atoms with van der Waals surface area (Å²) in [6, 6.07) is 7.12. The highest BCUT2D eigenvalue weighted by atomic mass is 35.5. The Morgan fingerprint density at radius 3 is 2.31 bits per heavy atom. The van der Waals surface area contributed by atoms with Crippen LogP contribution in [0.1, 0.15) is 49.9 Å². The van der Waals surface area contributed by atoms with Crippen LogP contribution < -0.4 is 5.14 Å². The topological polar surface area (TPSA) is 78.0 Å². The molecule has 1 fully saturated rings. The Bertz CT molecular complexity index is 876. The molecule has 1 aliphatic rings. The maximum atomic E-state index is 13.3. The van der Waals surface area contributed by atoms with Gasteiger partial charge in [-0.3, -0.25) is 0 Å². The third kappa shape index (κ3) is 3.63. The SMILES string of the molecule is NS(=O)(=O)c1ccc(-n2nc(C(F)F)cc2C2(CCl)CCCCC2)cc1. The first-order valence-electron chi connectivity index (χ1n) is 8.35. The van der Waals surface area contributed by atoms with Crippen LogP contribution in [0.25, 0.3) is 5.69 Å². The van der Waals surface area contributed by atoms with E-state index in [0.717, 1.165) is 32.1 Å². The Kier molecular flexibility index (Phi) is 5.37. The van der Waals surface area contributed by atoms with Crippen molar-refractivity contribution in [3.63, 3.8) is 0 Å². The van der Waals surface area contributed by atoms with Gasteiger partial charge in [-0.2, -0.15) is 5.10 Å². The van der Waals surface area contributed by atoms with E-state index >= 15 is 0 Å². The number of hydrogen-bond acceptors (Lipinski definition) is 3. The lowest BCUT2D eigenvalue weighted by Crippen LogP contribution is -2.33. The largest absolute Gasteiger partial charge is 0.282 e. The molecule has 0 aliphatic heterocycles. The smallest absolute Gasteiger partial charge is 0.237 e. The third-order valence-electron chi connectivity index (χ3n) is 4.97. The molecule has 5 nitrogen and oxygen atoms in total. The predicted molar refractivity (Wildman–Crippen MR) is 95.4 cm³/mol. The number of primary sulfonamides is 1. The summed E-state index contributed by atoms with van der Waals surface area (Å²) in [5.74, 6) is 0.316. The van der Waals surface area contributed by atoms with E-state index in [4.69, 9.17) is 16.7 Å². The molecular formula is C17H20ClF2N3O2S. The van der Waals surface area contributed by atoms with Gasteiger partial charge in [-0.15, -0.1) is 11.6 Å². The molecular weight excluding hydrogens is 384 g/mol. The van der Waals surface area contributed by atoms with Gasteiger partial charge in [0.15, 0.2) is 0 Å². The number of benzene rings is 1. The van der Waals surface area contributed by atoms with Crippen molar-refractivity contribution in [2.45, 2.75) is 48.8 Å². The number of nitrogens with zero attached hydrogens (tertiary/aromatic N) is 2. The molecule has 0 spiro atoms. The van der Waals surface area contributed by atoms with Crippen LogP contribution in [0.15, 0.2) is 35.2 Å². The van der Waals surface area contributed by atoms with Crippen molar-refractivity contribution in [3.8, 4) is 5.69 Å². The van der Waals surface area contributed by atoms with Crippen molar-refractivity contribution < 1.29 is 17.2 Å². The molecule has 1 saturated carbocycles. The average molecular weight is 404 g/mol. The summed E-state index contributed by atoms with van der Waals surface area (Å²) in [6.45, 7) is 0. The molecule has 2 N–H and O–H groups in total. The number of hydrogen-bond donors (Lipinski definition) is 1. The molecule has 26 heavy (non-hydrogen) atoms. The van der Waals surface area contributed by atoms with E-state index in [1.54, 1.807) is 0 Å². The molecule has 0 bridgehead atoms. The predicted octanol–water partition coefficient (Wildman–Crippen LogP) is 3.90. The number of alkyl halides is 3. The normalized spacial score (nSPS) is 17.6. The van der Waals surface area contributed by atoms with E-state index in [1.807, 2.05) is 0 Å². The highest BCUT2D eigenvalue weighted by Gasteiger charge is 2.37. The van der Waals surface area contributed by atoms with Gasteiger partial charge in [0, 0.05) is 11.3 Å². The number of rotatable bonds is 5. The van der Waals surface area contributed by atoms with Gasteiger partial charge in [0.05, 0.1) is 16.3 Å². The summed E-state index contributed by atoms with van der Waals surface area (Å²) in [5, 5.41) is 9.18. The van der Waals surface area contributed by atoms with Gasteiger partial charge in [0.2, 0.25) is 10.0 Å². The summed E-state index contributed by atoms with van der Waals surface area (Å²) in [6.07, 6.45) is 1.96. The summed E-state index contributed by atoms with van der Waals surface area (Å²) >= 11 is 6.28. The molecule has 1 aromatic carbocycles. The van der Waals surface area contributed by atoms with Crippen LogP contribution in [0.3, 0.4) is 0 Å². The molecule has 2 aromatic rings. The fourth-order valence-electron chi connectivity index (χ4n) is 3.54. The Balaban J connectivity index is 2.11. The zero-order valence-electron chi connectivity index (χ0n) is 14.0. The number of halogens is 3. The quantitative estimate of drug-likeness (QED) is 0.769. The van der Waals surface area contributed by atoms with E-state index < -0.39 is 21.9 Å². The molecule has 1 heterocycles. The van der Waals surface area contributed by atoms with Crippen molar-refractivity contribution in [1.29, 1.82) is 0 Å². The summed E-state index contributed by atoms with van der Waals surface area (Å²) in [5.41, 5.74) is 0.407. The molecule has 0 saturated heterocycles. The summed E-state index contributed by atoms with van der Waals surface area (Å²) in [7, 11) is -3.83. The Hall–Kier alpha value is -1.51. The van der Waals surface area contributed by atoms with Crippen LogP contribution in [0.4, 0.5) is 8.78 Å². The lowest BCUT2D eigenvalue weighted by atomic mass is 9.73. The molecule has 1 aromatic heterocycles. The fraction of sp³-hybridized carbons (Fsp3) is 0.471. The molecule has 1 aliphatic carbocycles. The van der Waals surface area contributed by atoms with Crippen LogP contribution in [0.5, 0.6) is 0 Å². The minimum absolute atomic E-state index is 0.0474. The minimum Gasteiger partial charge on any atom is -0.237 e. The van der Waals surface area contributed by atoms with Crippen LogP contribution in [0.2, 0.25) is 0 Å². The molecule has 142 valence electrons. The lowest BCUT2D eigenvalue weighted by molar-refractivity contribution is 0.145. The summed E-state index contributed by atoms with van der Waals surface area (Å²) in [4.78, 5) is -0.0474. The van der Waals surface area contributed by atoms with Gasteiger partial charge in [-0.05, 0) is 43.2 Å². The maximum absolute atomic E-state index is 13.3. The van der Waals surface area contributed by atoms with Crippen molar-refractivity contribution in [2.75, 3.05) is 5.88 Å². The molecule has 0 unspecified atom stereocenters. The second-order valence-corrected chi connectivity index (χ2v) is 8.51. The van der Waals surface area contributed by atoms with E-state index in [9.17, 15) is 17.2 Å². The van der Waals surface area contributed by atoms with Gasteiger partial charge in [-0.1, -0.05) is 19.3 Å². The van der Waals surface area contributed by atoms with Crippen LogP contribution in [-0.4, -0.2) is 24.1 Å². The highest BCUT2D eigenvalue weighted by Crippen LogP contribution is 2.42. The van der Waals surface area contributed by atoms with Gasteiger partial charge in [0.1, 0.15) is 5.69 Å². The molecule has 0 amide bonds. The van der Waals surface area contributed by atoms with Gasteiger partial charge >= 0.3 is 0 Å². The molecule has 9 heteroatoms. The maximum Gasteiger partial charge on any atom is 0.282 e. The van der Waals surface area contributed by atoms with E-state index in [1.165, 1.54) is 35.0 Å². The highest BCUT2D eigenvalue weighted by molar-refractivity contribution is 7.89. The van der Waals surface area contributed by atoms with E-state index in [-0.39, 0.29) is 10.6 Å². The molecule has 0 radical (unpaired) electrons. The van der Waals surface area contributed by atoms with Crippen molar-refractivity contribution in [1.82, 2.24) is 9.78 Å². The molecule has 0 atom stereocenters. The fourth-order valence-corrected chi connectivity index (χ4v) is 4.46. The second kappa shape index (κ2) is 7.25. The molecule has 3 rings (SSSR count). The first kappa shape index (κ1) is 19.3. The van der Waals surface area contributed by atoms with Gasteiger partial charge < -0.3 is 0 Å². The van der Waals surface area contributed by atoms with Crippen molar-refractivity contribution in [2.24, 2.45) is 5.14 Å². The number of nitrogens with two attached hydrogens (primary N) is 1.